The van der Waals surface area contributed by atoms with E-state index in [1.165, 1.54) is 23.0 Å². The minimum absolute atomic E-state index is 0.165. The maximum absolute atomic E-state index is 11.5. The van der Waals surface area contributed by atoms with Crippen LogP contribution in [-0.2, 0) is 4.79 Å². The first-order valence-corrected chi connectivity index (χ1v) is 6.07. The van der Waals surface area contributed by atoms with Gasteiger partial charge in [-0.05, 0) is 18.6 Å². The Hall–Kier alpha value is -1.94. The molecule has 0 spiro atoms. The highest BCUT2D eigenvalue weighted by atomic mass is 32.1. The molecular weight excluding hydrogens is 232 g/mol. The fraction of sp³-hybridized carbons (Fsp3) is 0.0769. The summed E-state index contributed by atoms with van der Waals surface area (Å²) in [6.45, 7) is 2.02. The molecule has 3 nitrogen and oxygen atoms in total. The van der Waals surface area contributed by atoms with E-state index in [9.17, 15) is 4.79 Å². The molecule has 0 saturated carbocycles. The fourth-order valence-electron chi connectivity index (χ4n) is 1.38. The number of hydrogen-bond donors (Lipinski definition) is 1. The van der Waals surface area contributed by atoms with Crippen molar-refractivity contribution in [3.05, 3.63) is 53.0 Å². The number of carbonyl (C=O) groups excluding carboxylic acids is 1. The maximum atomic E-state index is 11.5. The largest absolute Gasteiger partial charge is 0.298 e. The Labute approximate surface area is 104 Å². The van der Waals surface area contributed by atoms with Gasteiger partial charge in [0.05, 0.1) is 0 Å². The minimum Gasteiger partial charge on any atom is -0.298 e. The molecule has 17 heavy (non-hydrogen) atoms. The van der Waals surface area contributed by atoms with E-state index in [2.05, 4.69) is 10.3 Å². The normalized spacial score (nSPS) is 10.6. The van der Waals surface area contributed by atoms with E-state index in [1.54, 1.807) is 12.3 Å². The molecule has 1 N–H and O–H groups in total. The molecule has 0 aliphatic heterocycles. The minimum atomic E-state index is -0.165. The molecule has 2 aromatic rings. The summed E-state index contributed by atoms with van der Waals surface area (Å²) in [7, 11) is 0. The van der Waals surface area contributed by atoms with E-state index in [-0.39, 0.29) is 5.91 Å². The number of carbonyl (C=O) groups is 1. The summed E-state index contributed by atoms with van der Waals surface area (Å²) in [6.07, 6.45) is 4.96. The standard InChI is InChI=1S/C13H12N2OS/c1-10-3-2-4-11(9-10)5-6-12(16)15-13-14-7-8-17-13/h2-9H,1H3,(H,14,15,16). The topological polar surface area (TPSA) is 42.0 Å². The second-order valence-corrected chi connectivity index (χ2v) is 4.47. The van der Waals surface area contributed by atoms with Crippen molar-refractivity contribution >= 4 is 28.5 Å². The molecule has 0 fully saturated rings. The number of nitrogens with zero attached hydrogens (tertiary/aromatic N) is 1. The SMILES string of the molecule is Cc1cccc(C=CC(=O)Nc2nccs2)c1. The smallest absolute Gasteiger partial charge is 0.250 e. The van der Waals surface area contributed by atoms with Crippen molar-refractivity contribution in [1.82, 2.24) is 4.98 Å². The van der Waals surface area contributed by atoms with Gasteiger partial charge in [-0.25, -0.2) is 4.98 Å². The van der Waals surface area contributed by atoms with Crippen LogP contribution in [0.5, 0.6) is 0 Å². The molecule has 1 aromatic carbocycles. The number of benzene rings is 1. The lowest BCUT2D eigenvalue weighted by Crippen LogP contribution is -2.06. The molecule has 1 aromatic heterocycles. The van der Waals surface area contributed by atoms with E-state index < -0.39 is 0 Å². The molecule has 0 unspecified atom stereocenters. The molecule has 0 atom stereocenters. The average molecular weight is 244 g/mol. The van der Waals surface area contributed by atoms with Crippen LogP contribution in [0, 0.1) is 6.92 Å². The summed E-state index contributed by atoms with van der Waals surface area (Å²) in [5.41, 5.74) is 2.19. The second-order valence-electron chi connectivity index (χ2n) is 3.57. The van der Waals surface area contributed by atoms with Crippen molar-refractivity contribution in [2.45, 2.75) is 6.92 Å². The molecule has 1 amide bonds. The predicted molar refractivity (Wildman–Crippen MR) is 71.0 cm³/mol. The van der Waals surface area contributed by atoms with Gasteiger partial charge in [-0.15, -0.1) is 11.3 Å². The average Bonchev–Trinajstić information content (AvgIpc) is 2.79. The van der Waals surface area contributed by atoms with Crippen LogP contribution in [-0.4, -0.2) is 10.9 Å². The molecule has 0 aliphatic carbocycles. The van der Waals surface area contributed by atoms with Crippen LogP contribution in [0.3, 0.4) is 0 Å². The van der Waals surface area contributed by atoms with Gasteiger partial charge in [-0.3, -0.25) is 10.1 Å². The van der Waals surface area contributed by atoms with Gasteiger partial charge in [0.2, 0.25) is 5.91 Å². The van der Waals surface area contributed by atoms with Crippen LogP contribution in [0.1, 0.15) is 11.1 Å². The second kappa shape index (κ2) is 5.41. The first-order valence-electron chi connectivity index (χ1n) is 5.19. The highest BCUT2D eigenvalue weighted by Crippen LogP contribution is 2.10. The highest BCUT2D eigenvalue weighted by Gasteiger charge is 1.98. The quantitative estimate of drug-likeness (QED) is 0.843. The van der Waals surface area contributed by atoms with E-state index >= 15 is 0 Å². The molecule has 4 heteroatoms. The van der Waals surface area contributed by atoms with E-state index in [4.69, 9.17) is 0 Å². The van der Waals surface area contributed by atoms with E-state index in [0.717, 1.165) is 5.56 Å². The molecule has 2 rings (SSSR count). The predicted octanol–water partition coefficient (Wildman–Crippen LogP) is 3.10. The summed E-state index contributed by atoms with van der Waals surface area (Å²) >= 11 is 1.40. The molecule has 0 saturated heterocycles. The summed E-state index contributed by atoms with van der Waals surface area (Å²) in [4.78, 5) is 15.5. The van der Waals surface area contributed by atoms with Gasteiger partial charge in [-0.1, -0.05) is 29.8 Å². The summed E-state index contributed by atoms with van der Waals surface area (Å²) in [6, 6.07) is 7.97. The Morgan fingerprint density at radius 1 is 1.47 bits per heavy atom. The van der Waals surface area contributed by atoms with Gasteiger partial charge in [-0.2, -0.15) is 0 Å². The van der Waals surface area contributed by atoms with Gasteiger partial charge in [0.25, 0.3) is 0 Å². The first-order chi connectivity index (χ1) is 8.24. The zero-order valence-corrected chi connectivity index (χ0v) is 10.2. The third-order valence-electron chi connectivity index (χ3n) is 2.13. The van der Waals surface area contributed by atoms with Crippen LogP contribution in [0.2, 0.25) is 0 Å². The number of aryl methyl sites for hydroxylation is 1. The van der Waals surface area contributed by atoms with Crippen LogP contribution in [0.25, 0.3) is 6.08 Å². The van der Waals surface area contributed by atoms with Gasteiger partial charge in [0.1, 0.15) is 0 Å². The maximum Gasteiger partial charge on any atom is 0.250 e. The fourth-order valence-corrected chi connectivity index (χ4v) is 1.91. The number of hydrogen-bond acceptors (Lipinski definition) is 3. The van der Waals surface area contributed by atoms with E-state index in [1.807, 2.05) is 36.6 Å². The molecular formula is C13H12N2OS. The number of amides is 1. The lowest BCUT2D eigenvalue weighted by Gasteiger charge is -1.97. The third kappa shape index (κ3) is 3.53. The highest BCUT2D eigenvalue weighted by molar-refractivity contribution is 7.13. The zero-order chi connectivity index (χ0) is 12.1. The summed E-state index contributed by atoms with van der Waals surface area (Å²) in [5, 5.41) is 5.12. The van der Waals surface area contributed by atoms with Gasteiger partial charge >= 0.3 is 0 Å². The molecule has 0 bridgehead atoms. The van der Waals surface area contributed by atoms with Crippen LogP contribution in [0.4, 0.5) is 5.13 Å². The Kier molecular flexibility index (Phi) is 3.67. The van der Waals surface area contributed by atoms with Crippen molar-refractivity contribution < 1.29 is 4.79 Å². The van der Waals surface area contributed by atoms with Crippen molar-refractivity contribution in [3.63, 3.8) is 0 Å². The van der Waals surface area contributed by atoms with Crippen LogP contribution < -0.4 is 5.32 Å². The number of thiazole rings is 1. The number of nitrogens with one attached hydrogen (secondary N) is 1. The van der Waals surface area contributed by atoms with Crippen molar-refractivity contribution in [3.8, 4) is 0 Å². The van der Waals surface area contributed by atoms with Crippen LogP contribution >= 0.6 is 11.3 Å². The molecule has 86 valence electrons. The Morgan fingerprint density at radius 2 is 2.35 bits per heavy atom. The van der Waals surface area contributed by atoms with Crippen LogP contribution in [0.15, 0.2) is 41.9 Å². The Bertz CT molecular complexity index is 532. The van der Waals surface area contributed by atoms with Gasteiger partial charge < -0.3 is 0 Å². The first kappa shape index (κ1) is 11.5. The van der Waals surface area contributed by atoms with Crippen molar-refractivity contribution in [1.29, 1.82) is 0 Å². The molecule has 0 radical (unpaired) electrons. The molecule has 1 heterocycles. The Balaban J connectivity index is 1.99. The van der Waals surface area contributed by atoms with Gasteiger partial charge in [0, 0.05) is 17.7 Å². The number of anilines is 1. The lowest BCUT2D eigenvalue weighted by atomic mass is 10.1. The number of aromatic nitrogens is 1. The third-order valence-corrected chi connectivity index (χ3v) is 2.82. The van der Waals surface area contributed by atoms with E-state index in [0.29, 0.717) is 5.13 Å². The van der Waals surface area contributed by atoms with Crippen molar-refractivity contribution in [2.24, 2.45) is 0 Å². The summed E-state index contributed by atoms with van der Waals surface area (Å²) in [5.74, 6) is -0.165. The Morgan fingerprint density at radius 3 is 3.06 bits per heavy atom. The monoisotopic (exact) mass is 244 g/mol. The summed E-state index contributed by atoms with van der Waals surface area (Å²) < 4.78 is 0. The van der Waals surface area contributed by atoms with Gasteiger partial charge in [0.15, 0.2) is 5.13 Å². The number of rotatable bonds is 3. The van der Waals surface area contributed by atoms with Crippen molar-refractivity contribution in [2.75, 3.05) is 5.32 Å². The molecule has 0 aliphatic rings. The zero-order valence-electron chi connectivity index (χ0n) is 9.38. The lowest BCUT2D eigenvalue weighted by molar-refractivity contribution is -0.111.